The first kappa shape index (κ1) is 16.2. The summed E-state index contributed by atoms with van der Waals surface area (Å²) in [5.41, 5.74) is 4.27. The van der Waals surface area contributed by atoms with Crippen LogP contribution in [0.1, 0.15) is 32.3 Å². The van der Waals surface area contributed by atoms with Gasteiger partial charge in [0, 0.05) is 17.2 Å². The molecule has 0 fully saturated rings. The highest BCUT2D eigenvalue weighted by atomic mass is 16.3. The van der Waals surface area contributed by atoms with Gasteiger partial charge in [-0.3, -0.25) is 4.79 Å². The lowest BCUT2D eigenvalue weighted by Gasteiger charge is -2.13. The van der Waals surface area contributed by atoms with Crippen LogP contribution in [0.15, 0.2) is 46.9 Å². The van der Waals surface area contributed by atoms with Crippen LogP contribution in [-0.4, -0.2) is 10.9 Å². The number of aromatic nitrogens is 1. The van der Waals surface area contributed by atoms with Crippen molar-refractivity contribution in [1.29, 1.82) is 0 Å². The SMILES string of the molecule is CCC[C@@H](C)C(=O)Nc1cc(-c2nc3ccccc3o2)ccc1C. The minimum absolute atomic E-state index is 0.00221. The molecule has 1 N–H and O–H groups in total. The minimum Gasteiger partial charge on any atom is -0.436 e. The van der Waals surface area contributed by atoms with Crippen LogP contribution in [0, 0.1) is 12.8 Å². The van der Waals surface area contributed by atoms with Crippen molar-refractivity contribution in [2.75, 3.05) is 5.32 Å². The number of carbonyl (C=O) groups excluding carboxylic acids is 1. The number of oxazole rings is 1. The fourth-order valence-electron chi connectivity index (χ4n) is 2.71. The molecule has 1 aromatic heterocycles. The number of hydrogen-bond acceptors (Lipinski definition) is 3. The van der Waals surface area contributed by atoms with E-state index in [1.807, 2.05) is 56.3 Å². The third-order valence-electron chi connectivity index (χ3n) is 4.21. The van der Waals surface area contributed by atoms with E-state index >= 15 is 0 Å². The monoisotopic (exact) mass is 322 g/mol. The zero-order chi connectivity index (χ0) is 17.1. The predicted molar refractivity (Wildman–Crippen MR) is 96.9 cm³/mol. The molecule has 3 rings (SSSR count). The Kier molecular flexibility index (Phi) is 4.65. The number of amides is 1. The van der Waals surface area contributed by atoms with Gasteiger partial charge in [-0.05, 0) is 43.2 Å². The summed E-state index contributed by atoms with van der Waals surface area (Å²) in [6, 6.07) is 13.5. The molecule has 1 amide bonds. The first-order chi connectivity index (χ1) is 11.6. The molecular weight excluding hydrogens is 300 g/mol. The molecule has 0 aliphatic heterocycles. The number of carbonyl (C=O) groups is 1. The molecule has 4 heteroatoms. The summed E-state index contributed by atoms with van der Waals surface area (Å²) >= 11 is 0. The molecule has 0 saturated heterocycles. The van der Waals surface area contributed by atoms with E-state index in [-0.39, 0.29) is 11.8 Å². The molecule has 0 unspecified atom stereocenters. The van der Waals surface area contributed by atoms with E-state index < -0.39 is 0 Å². The highest BCUT2D eigenvalue weighted by molar-refractivity contribution is 5.93. The van der Waals surface area contributed by atoms with Crippen molar-refractivity contribution in [3.05, 3.63) is 48.0 Å². The lowest BCUT2D eigenvalue weighted by atomic mass is 10.0. The maximum atomic E-state index is 12.3. The molecule has 0 bridgehead atoms. The van der Waals surface area contributed by atoms with Crippen molar-refractivity contribution >= 4 is 22.7 Å². The number of para-hydroxylation sites is 2. The minimum atomic E-state index is 0.00221. The maximum Gasteiger partial charge on any atom is 0.227 e. The molecule has 0 spiro atoms. The molecular formula is C20H22N2O2. The van der Waals surface area contributed by atoms with E-state index in [1.54, 1.807) is 0 Å². The summed E-state index contributed by atoms with van der Waals surface area (Å²) in [5.74, 6) is 0.616. The van der Waals surface area contributed by atoms with Gasteiger partial charge >= 0.3 is 0 Å². The number of nitrogens with one attached hydrogen (secondary N) is 1. The van der Waals surface area contributed by atoms with E-state index in [0.29, 0.717) is 5.89 Å². The molecule has 1 heterocycles. The number of anilines is 1. The largest absolute Gasteiger partial charge is 0.436 e. The highest BCUT2D eigenvalue weighted by Gasteiger charge is 2.15. The normalized spacial score (nSPS) is 12.3. The van der Waals surface area contributed by atoms with E-state index in [2.05, 4.69) is 17.2 Å². The van der Waals surface area contributed by atoms with E-state index in [0.717, 1.165) is 40.8 Å². The Balaban J connectivity index is 1.89. The standard InChI is InChI=1S/C20H22N2O2/c1-4-7-14(3)19(23)21-17-12-15(11-10-13(17)2)20-22-16-8-5-6-9-18(16)24-20/h5-6,8-12,14H,4,7H2,1-3H3,(H,21,23)/t14-/m1/s1. The topological polar surface area (TPSA) is 55.1 Å². The quantitative estimate of drug-likeness (QED) is 0.704. The summed E-state index contributed by atoms with van der Waals surface area (Å²) in [7, 11) is 0. The highest BCUT2D eigenvalue weighted by Crippen LogP contribution is 2.28. The van der Waals surface area contributed by atoms with Crippen LogP contribution in [0.3, 0.4) is 0 Å². The molecule has 0 aliphatic rings. The molecule has 24 heavy (non-hydrogen) atoms. The predicted octanol–water partition coefficient (Wildman–Crippen LogP) is 5.18. The van der Waals surface area contributed by atoms with Crippen LogP contribution in [0.25, 0.3) is 22.6 Å². The molecule has 0 saturated carbocycles. The summed E-state index contributed by atoms with van der Waals surface area (Å²) in [6.07, 6.45) is 1.88. The summed E-state index contributed by atoms with van der Waals surface area (Å²) < 4.78 is 5.82. The molecule has 1 atom stereocenters. The van der Waals surface area contributed by atoms with Crippen LogP contribution >= 0.6 is 0 Å². The van der Waals surface area contributed by atoms with Gasteiger partial charge in [0.25, 0.3) is 0 Å². The molecule has 3 aromatic rings. The van der Waals surface area contributed by atoms with Crippen molar-refractivity contribution in [3.8, 4) is 11.5 Å². The Morgan fingerprint density at radius 2 is 2.04 bits per heavy atom. The maximum absolute atomic E-state index is 12.3. The molecule has 4 nitrogen and oxygen atoms in total. The number of aryl methyl sites for hydroxylation is 1. The zero-order valence-electron chi connectivity index (χ0n) is 14.3. The van der Waals surface area contributed by atoms with Crippen LogP contribution in [0.5, 0.6) is 0 Å². The third kappa shape index (κ3) is 3.32. The fraction of sp³-hybridized carbons (Fsp3) is 0.300. The van der Waals surface area contributed by atoms with Gasteiger partial charge in [0.1, 0.15) is 5.52 Å². The van der Waals surface area contributed by atoms with E-state index in [9.17, 15) is 4.79 Å². The lowest BCUT2D eigenvalue weighted by molar-refractivity contribution is -0.119. The van der Waals surface area contributed by atoms with E-state index in [4.69, 9.17) is 4.42 Å². The van der Waals surface area contributed by atoms with Gasteiger partial charge in [0.2, 0.25) is 11.8 Å². The average molecular weight is 322 g/mol. The van der Waals surface area contributed by atoms with Gasteiger partial charge in [-0.25, -0.2) is 4.98 Å². The van der Waals surface area contributed by atoms with Crippen LogP contribution < -0.4 is 5.32 Å². The second-order valence-electron chi connectivity index (χ2n) is 6.20. The van der Waals surface area contributed by atoms with Gasteiger partial charge in [0.05, 0.1) is 0 Å². The third-order valence-corrected chi connectivity index (χ3v) is 4.21. The molecule has 0 radical (unpaired) electrons. The number of fused-ring (bicyclic) bond motifs is 1. The Labute approximate surface area is 141 Å². The first-order valence-corrected chi connectivity index (χ1v) is 8.36. The van der Waals surface area contributed by atoms with Gasteiger partial charge in [-0.1, -0.05) is 38.5 Å². The van der Waals surface area contributed by atoms with Gasteiger partial charge < -0.3 is 9.73 Å². The Morgan fingerprint density at radius 3 is 2.79 bits per heavy atom. The van der Waals surface area contributed by atoms with Gasteiger partial charge in [-0.15, -0.1) is 0 Å². The second kappa shape index (κ2) is 6.87. The molecule has 0 aliphatic carbocycles. The summed E-state index contributed by atoms with van der Waals surface area (Å²) in [6.45, 7) is 6.03. The zero-order valence-corrected chi connectivity index (χ0v) is 14.3. The number of nitrogens with zero attached hydrogens (tertiary/aromatic N) is 1. The Hall–Kier alpha value is -2.62. The van der Waals surface area contributed by atoms with Crippen LogP contribution in [0.2, 0.25) is 0 Å². The van der Waals surface area contributed by atoms with Crippen molar-refractivity contribution in [2.45, 2.75) is 33.6 Å². The number of rotatable bonds is 5. The van der Waals surface area contributed by atoms with Crippen molar-refractivity contribution in [3.63, 3.8) is 0 Å². The molecule has 2 aromatic carbocycles. The number of hydrogen-bond donors (Lipinski definition) is 1. The van der Waals surface area contributed by atoms with Crippen molar-refractivity contribution in [2.24, 2.45) is 5.92 Å². The van der Waals surface area contributed by atoms with Gasteiger partial charge in [-0.2, -0.15) is 0 Å². The number of benzene rings is 2. The average Bonchev–Trinajstić information content (AvgIpc) is 3.01. The van der Waals surface area contributed by atoms with Crippen molar-refractivity contribution < 1.29 is 9.21 Å². The summed E-state index contributed by atoms with van der Waals surface area (Å²) in [5, 5.41) is 3.03. The van der Waals surface area contributed by atoms with Gasteiger partial charge in [0.15, 0.2) is 5.58 Å². The van der Waals surface area contributed by atoms with Crippen molar-refractivity contribution in [1.82, 2.24) is 4.98 Å². The Morgan fingerprint density at radius 1 is 1.25 bits per heavy atom. The smallest absolute Gasteiger partial charge is 0.227 e. The molecule has 124 valence electrons. The fourth-order valence-corrected chi connectivity index (χ4v) is 2.71. The first-order valence-electron chi connectivity index (χ1n) is 8.36. The second-order valence-corrected chi connectivity index (χ2v) is 6.20. The lowest BCUT2D eigenvalue weighted by Crippen LogP contribution is -2.20. The Bertz CT molecular complexity index is 834. The summed E-state index contributed by atoms with van der Waals surface area (Å²) in [4.78, 5) is 16.8. The van der Waals surface area contributed by atoms with E-state index in [1.165, 1.54) is 0 Å². The van der Waals surface area contributed by atoms with Crippen LogP contribution in [-0.2, 0) is 4.79 Å². The van der Waals surface area contributed by atoms with Crippen LogP contribution in [0.4, 0.5) is 5.69 Å².